The maximum Gasteiger partial charge on any atom is 0.240 e. The van der Waals surface area contributed by atoms with Gasteiger partial charge >= 0.3 is 0 Å². The molecule has 72 valence electrons. The summed E-state index contributed by atoms with van der Waals surface area (Å²) < 4.78 is 3.15. The molecule has 0 aromatic carbocycles. The van der Waals surface area contributed by atoms with E-state index in [0.29, 0.717) is 6.42 Å². The zero-order chi connectivity index (χ0) is 9.78. The van der Waals surface area contributed by atoms with Crippen LogP contribution in [0, 0.1) is 0 Å². The quantitative estimate of drug-likeness (QED) is 0.460. The number of ether oxygens (including phenoxy) is 1. The van der Waals surface area contributed by atoms with E-state index in [4.69, 9.17) is 44.6 Å². The van der Waals surface area contributed by atoms with Gasteiger partial charge in [0.1, 0.15) is 0 Å². The van der Waals surface area contributed by atoms with Gasteiger partial charge in [0.05, 0.1) is 6.10 Å². The summed E-state index contributed by atoms with van der Waals surface area (Å²) >= 11 is 16.1. The number of hydrogen-bond donors (Lipinski definition) is 1. The number of alkyl halides is 3. The van der Waals surface area contributed by atoms with Crippen LogP contribution in [0.15, 0.2) is 12.7 Å². The topological polar surface area (TPSA) is 29.5 Å². The Kier molecular flexibility index (Phi) is 5.53. The normalized spacial score (nSPS) is 17.1. The zero-order valence-electron chi connectivity index (χ0n) is 6.64. The molecule has 0 aromatic rings. The first-order valence-corrected chi connectivity index (χ1v) is 4.58. The molecule has 0 saturated heterocycles. The van der Waals surface area contributed by atoms with Gasteiger partial charge in [-0.05, 0) is 6.42 Å². The van der Waals surface area contributed by atoms with E-state index in [-0.39, 0.29) is 6.10 Å². The second kappa shape index (κ2) is 5.30. The van der Waals surface area contributed by atoms with Gasteiger partial charge in [0.15, 0.2) is 0 Å². The van der Waals surface area contributed by atoms with E-state index >= 15 is 0 Å². The Morgan fingerprint density at radius 2 is 2.08 bits per heavy atom. The smallest absolute Gasteiger partial charge is 0.240 e. The Balaban J connectivity index is 3.98. The highest BCUT2D eigenvalue weighted by molar-refractivity contribution is 6.67. The highest BCUT2D eigenvalue weighted by atomic mass is 35.6. The molecule has 0 aliphatic carbocycles. The van der Waals surface area contributed by atoms with Crippen LogP contribution in [0.2, 0.25) is 0 Å². The minimum absolute atomic E-state index is 0.296. The van der Waals surface area contributed by atoms with Crippen molar-refractivity contribution in [1.29, 1.82) is 0 Å². The van der Waals surface area contributed by atoms with E-state index < -0.39 is 10.1 Å². The molecule has 0 aliphatic heterocycles. The monoisotopic (exact) mass is 232 g/mol. The Morgan fingerprint density at radius 3 is 2.33 bits per heavy atom. The van der Waals surface area contributed by atoms with Crippen LogP contribution in [0.4, 0.5) is 0 Å². The second-order valence-corrected chi connectivity index (χ2v) is 4.58. The van der Waals surface area contributed by atoms with Crippen molar-refractivity contribution in [2.75, 3.05) is 0 Å². The number of aliphatic hydroxyl groups excluding tert-OH is 1. The Hall–Kier alpha value is 0.530. The van der Waals surface area contributed by atoms with Crippen molar-refractivity contribution in [2.45, 2.75) is 29.5 Å². The van der Waals surface area contributed by atoms with E-state index in [1.54, 1.807) is 6.08 Å². The first-order chi connectivity index (χ1) is 5.41. The van der Waals surface area contributed by atoms with Gasteiger partial charge in [0, 0.05) is 0 Å². The third kappa shape index (κ3) is 4.53. The van der Waals surface area contributed by atoms with Gasteiger partial charge in [-0.15, -0.1) is 6.58 Å². The van der Waals surface area contributed by atoms with Crippen molar-refractivity contribution in [2.24, 2.45) is 0 Å². The maximum atomic E-state index is 9.15. The van der Waals surface area contributed by atoms with Gasteiger partial charge < -0.3 is 9.84 Å². The summed E-state index contributed by atoms with van der Waals surface area (Å²) in [5.74, 6) is 0. The van der Waals surface area contributed by atoms with E-state index in [1.807, 2.05) is 6.92 Å². The Morgan fingerprint density at radius 1 is 1.58 bits per heavy atom. The summed E-state index contributed by atoms with van der Waals surface area (Å²) in [6.45, 7) is 5.37. The largest absolute Gasteiger partial charge is 0.365 e. The van der Waals surface area contributed by atoms with Crippen LogP contribution in [0.5, 0.6) is 0 Å². The van der Waals surface area contributed by atoms with Crippen LogP contribution in [0.25, 0.3) is 0 Å². The lowest BCUT2D eigenvalue weighted by molar-refractivity contribution is -0.119. The molecule has 0 rings (SSSR count). The van der Waals surface area contributed by atoms with Crippen LogP contribution in [0.1, 0.15) is 13.3 Å². The summed E-state index contributed by atoms with van der Waals surface area (Å²) in [5.41, 5.74) is 0. The van der Waals surface area contributed by atoms with Crippen LogP contribution in [-0.2, 0) is 4.74 Å². The molecule has 0 radical (unpaired) electrons. The molecule has 1 unspecified atom stereocenters. The minimum Gasteiger partial charge on any atom is -0.365 e. The fourth-order valence-electron chi connectivity index (χ4n) is 0.561. The molecular weight excluding hydrogens is 222 g/mol. The third-order valence-electron chi connectivity index (χ3n) is 1.25. The van der Waals surface area contributed by atoms with Gasteiger partial charge in [0.2, 0.25) is 10.1 Å². The fourth-order valence-corrected chi connectivity index (χ4v) is 0.715. The lowest BCUT2D eigenvalue weighted by Gasteiger charge is -2.22. The molecule has 2 nitrogen and oxygen atoms in total. The third-order valence-corrected chi connectivity index (χ3v) is 1.81. The molecule has 0 fully saturated rings. The number of aliphatic hydroxyl groups is 1. The number of hydrogen-bond acceptors (Lipinski definition) is 2. The number of rotatable bonds is 4. The predicted octanol–water partition coefficient (Wildman–Crippen LogP) is 2.66. The standard InChI is InChI=1S/C7H11Cl3O2/c1-3-5(4-2)12-6(11)7(8,9)10/h3,5-6,11H,1,4H2,2H3/t5-,6?/m0/s1. The molecule has 5 heteroatoms. The Labute approximate surface area is 87.1 Å². The van der Waals surface area contributed by atoms with Gasteiger partial charge in [-0.1, -0.05) is 47.8 Å². The van der Waals surface area contributed by atoms with Gasteiger partial charge in [0.25, 0.3) is 0 Å². The molecule has 0 heterocycles. The van der Waals surface area contributed by atoms with Crippen LogP contribution < -0.4 is 0 Å². The fraction of sp³-hybridized carbons (Fsp3) is 0.714. The summed E-state index contributed by atoms with van der Waals surface area (Å²) in [5, 5.41) is 9.15. The first-order valence-electron chi connectivity index (χ1n) is 3.44. The molecule has 0 spiro atoms. The summed E-state index contributed by atoms with van der Waals surface area (Å²) in [7, 11) is 0. The Bertz CT molecular complexity index is 144. The minimum atomic E-state index is -1.81. The lowest BCUT2D eigenvalue weighted by Crippen LogP contribution is -2.31. The molecule has 12 heavy (non-hydrogen) atoms. The lowest BCUT2D eigenvalue weighted by atomic mass is 10.3. The summed E-state index contributed by atoms with van der Waals surface area (Å²) in [4.78, 5) is 0. The van der Waals surface area contributed by atoms with Crippen LogP contribution in [0.3, 0.4) is 0 Å². The molecule has 0 aliphatic rings. The van der Waals surface area contributed by atoms with Crippen molar-refractivity contribution in [3.05, 3.63) is 12.7 Å². The predicted molar refractivity (Wildman–Crippen MR) is 51.7 cm³/mol. The molecule has 1 N–H and O–H groups in total. The number of halogens is 3. The highest BCUT2D eigenvalue weighted by Crippen LogP contribution is 2.31. The molecule has 0 amide bonds. The molecule has 0 saturated carbocycles. The van der Waals surface area contributed by atoms with Crippen molar-refractivity contribution >= 4 is 34.8 Å². The second-order valence-electron chi connectivity index (χ2n) is 2.21. The average molecular weight is 234 g/mol. The van der Waals surface area contributed by atoms with E-state index in [2.05, 4.69) is 6.58 Å². The van der Waals surface area contributed by atoms with Gasteiger partial charge in [-0.2, -0.15) is 0 Å². The van der Waals surface area contributed by atoms with E-state index in [0.717, 1.165) is 0 Å². The van der Waals surface area contributed by atoms with Crippen molar-refractivity contribution in [3.63, 3.8) is 0 Å². The summed E-state index contributed by atoms with van der Waals surface area (Å²) in [6, 6.07) is 0. The average Bonchev–Trinajstić information content (AvgIpc) is 1.97. The summed E-state index contributed by atoms with van der Waals surface area (Å²) in [6.07, 6.45) is 0.488. The van der Waals surface area contributed by atoms with E-state index in [1.165, 1.54) is 0 Å². The van der Waals surface area contributed by atoms with Crippen molar-refractivity contribution in [1.82, 2.24) is 0 Å². The highest BCUT2D eigenvalue weighted by Gasteiger charge is 2.32. The molecule has 0 aromatic heterocycles. The molecule has 2 atom stereocenters. The van der Waals surface area contributed by atoms with Crippen LogP contribution in [-0.4, -0.2) is 21.3 Å². The van der Waals surface area contributed by atoms with Crippen molar-refractivity contribution < 1.29 is 9.84 Å². The molecule has 0 bridgehead atoms. The molecular formula is C7H11Cl3O2. The maximum absolute atomic E-state index is 9.15. The first kappa shape index (κ1) is 12.5. The van der Waals surface area contributed by atoms with Crippen LogP contribution >= 0.6 is 34.8 Å². The SMILES string of the molecule is C=C[C@@H](CC)OC(O)C(Cl)(Cl)Cl. The van der Waals surface area contributed by atoms with Gasteiger partial charge in [-0.25, -0.2) is 0 Å². The van der Waals surface area contributed by atoms with E-state index in [9.17, 15) is 0 Å². The van der Waals surface area contributed by atoms with Gasteiger partial charge in [-0.3, -0.25) is 0 Å². The van der Waals surface area contributed by atoms with Crippen molar-refractivity contribution in [3.8, 4) is 0 Å². The zero-order valence-corrected chi connectivity index (χ0v) is 8.90.